The van der Waals surface area contributed by atoms with E-state index in [1.165, 1.54) is 6.26 Å². The van der Waals surface area contributed by atoms with Crippen LogP contribution in [0.1, 0.15) is 19.3 Å². The first-order valence-corrected chi connectivity index (χ1v) is 6.45. The Morgan fingerprint density at radius 1 is 1.54 bits per heavy atom. The summed E-state index contributed by atoms with van der Waals surface area (Å²) in [5.74, 6) is 0.148. The fraction of sp³-hybridized carbons (Fsp3) is 1.00. The molecule has 0 radical (unpaired) electrons. The van der Waals surface area contributed by atoms with Gasteiger partial charge in [-0.25, -0.2) is 8.42 Å². The van der Waals surface area contributed by atoms with Crippen LogP contribution in [0.2, 0.25) is 0 Å². The molecule has 0 amide bonds. The van der Waals surface area contributed by atoms with Crippen LogP contribution < -0.4 is 0 Å². The topological polar surface area (TPSA) is 63.6 Å². The van der Waals surface area contributed by atoms with Gasteiger partial charge in [0.15, 0.2) is 0 Å². The number of hydrogen-bond acceptors (Lipinski definition) is 4. The van der Waals surface area contributed by atoms with Crippen molar-refractivity contribution in [2.24, 2.45) is 0 Å². The van der Waals surface area contributed by atoms with Gasteiger partial charge >= 0.3 is 0 Å². The van der Waals surface area contributed by atoms with Crippen molar-refractivity contribution in [3.8, 4) is 0 Å². The second-order valence-corrected chi connectivity index (χ2v) is 6.02. The van der Waals surface area contributed by atoms with Gasteiger partial charge in [-0.15, -0.1) is 0 Å². The lowest BCUT2D eigenvalue weighted by atomic mass is 9.98. The Morgan fingerprint density at radius 3 is 2.69 bits per heavy atom. The fourth-order valence-electron chi connectivity index (χ4n) is 1.46. The Morgan fingerprint density at radius 2 is 2.23 bits per heavy atom. The molecular weight excluding hydrogens is 192 g/mol. The van der Waals surface area contributed by atoms with Crippen molar-refractivity contribution in [2.75, 3.05) is 25.2 Å². The third-order valence-electron chi connectivity index (χ3n) is 2.24. The predicted molar refractivity (Wildman–Crippen MR) is 49.3 cm³/mol. The molecule has 5 heteroatoms. The van der Waals surface area contributed by atoms with Crippen LogP contribution in [0.25, 0.3) is 0 Å². The van der Waals surface area contributed by atoms with Gasteiger partial charge in [0.2, 0.25) is 0 Å². The molecule has 0 bridgehead atoms. The Labute approximate surface area is 78.8 Å². The molecule has 1 atom stereocenters. The second-order valence-electron chi connectivity index (χ2n) is 3.76. The molecule has 1 unspecified atom stereocenters. The van der Waals surface area contributed by atoms with E-state index in [2.05, 4.69) is 0 Å². The second kappa shape index (κ2) is 3.94. The molecule has 0 aromatic rings. The van der Waals surface area contributed by atoms with Crippen molar-refractivity contribution >= 4 is 9.84 Å². The van der Waals surface area contributed by atoms with Crippen molar-refractivity contribution in [3.63, 3.8) is 0 Å². The molecule has 1 fully saturated rings. The molecule has 1 N–H and O–H groups in total. The molecule has 0 aromatic carbocycles. The maximum atomic E-state index is 10.8. The largest absolute Gasteiger partial charge is 0.387 e. The lowest BCUT2D eigenvalue weighted by Crippen LogP contribution is -2.29. The molecule has 0 saturated carbocycles. The van der Waals surface area contributed by atoms with Gasteiger partial charge in [-0.1, -0.05) is 0 Å². The van der Waals surface area contributed by atoms with Crippen LogP contribution in [0.15, 0.2) is 0 Å². The monoisotopic (exact) mass is 208 g/mol. The van der Waals surface area contributed by atoms with E-state index in [-0.39, 0.29) is 5.75 Å². The molecule has 4 nitrogen and oxygen atoms in total. The van der Waals surface area contributed by atoms with E-state index in [0.717, 1.165) is 0 Å². The normalized spacial score (nSPS) is 29.4. The molecule has 1 aliphatic heterocycles. The van der Waals surface area contributed by atoms with Crippen LogP contribution in [-0.4, -0.2) is 44.3 Å². The summed E-state index contributed by atoms with van der Waals surface area (Å²) in [6.45, 7) is 0.923. The quantitative estimate of drug-likeness (QED) is 0.704. The Hall–Kier alpha value is -0.130. The van der Waals surface area contributed by atoms with E-state index < -0.39 is 15.4 Å². The minimum Gasteiger partial charge on any atom is -0.387 e. The van der Waals surface area contributed by atoms with Crippen LogP contribution in [0.3, 0.4) is 0 Å². The number of rotatable bonds is 4. The van der Waals surface area contributed by atoms with Crippen molar-refractivity contribution < 1.29 is 18.3 Å². The van der Waals surface area contributed by atoms with E-state index >= 15 is 0 Å². The molecule has 0 aliphatic carbocycles. The van der Waals surface area contributed by atoms with Crippen LogP contribution in [-0.2, 0) is 14.6 Å². The molecule has 1 heterocycles. The predicted octanol–water partition coefficient (Wildman–Crippen LogP) is -0.0374. The number of aliphatic hydroxyl groups is 1. The summed E-state index contributed by atoms with van der Waals surface area (Å²) < 4.78 is 26.6. The van der Waals surface area contributed by atoms with E-state index in [4.69, 9.17) is 4.74 Å². The highest BCUT2D eigenvalue weighted by atomic mass is 32.2. The van der Waals surface area contributed by atoms with Gasteiger partial charge in [-0.3, -0.25) is 0 Å². The van der Waals surface area contributed by atoms with Crippen LogP contribution in [0.5, 0.6) is 0 Å². The zero-order chi connectivity index (χ0) is 9.95. The summed E-state index contributed by atoms with van der Waals surface area (Å²) in [4.78, 5) is 0. The third-order valence-corrected chi connectivity index (χ3v) is 3.27. The van der Waals surface area contributed by atoms with Crippen LogP contribution in [0, 0.1) is 0 Å². The first kappa shape index (κ1) is 10.9. The molecule has 0 aromatic heterocycles. The van der Waals surface area contributed by atoms with Crippen molar-refractivity contribution in [1.82, 2.24) is 0 Å². The number of hydrogen-bond donors (Lipinski definition) is 1. The summed E-state index contributed by atoms with van der Waals surface area (Å²) in [6.07, 6.45) is 2.86. The molecule has 1 saturated heterocycles. The lowest BCUT2D eigenvalue weighted by Gasteiger charge is -2.19. The van der Waals surface area contributed by atoms with Gasteiger partial charge < -0.3 is 9.84 Å². The Bertz CT molecular complexity index is 251. The van der Waals surface area contributed by atoms with E-state index in [0.29, 0.717) is 32.5 Å². The summed E-state index contributed by atoms with van der Waals surface area (Å²) in [6, 6.07) is 0. The summed E-state index contributed by atoms with van der Waals surface area (Å²) >= 11 is 0. The van der Waals surface area contributed by atoms with Gasteiger partial charge in [0.05, 0.1) is 12.2 Å². The van der Waals surface area contributed by atoms with Gasteiger partial charge in [0.1, 0.15) is 9.84 Å². The minimum atomic E-state index is -2.89. The maximum absolute atomic E-state index is 10.8. The molecule has 1 rings (SSSR count). The third kappa shape index (κ3) is 4.06. The van der Waals surface area contributed by atoms with Gasteiger partial charge in [0, 0.05) is 25.0 Å². The number of ether oxygens (including phenoxy) is 1. The molecule has 78 valence electrons. The first-order chi connectivity index (χ1) is 5.91. The summed E-state index contributed by atoms with van der Waals surface area (Å²) in [5, 5.41) is 9.77. The maximum Gasteiger partial charge on any atom is 0.147 e. The van der Waals surface area contributed by atoms with E-state index in [1.54, 1.807) is 0 Å². The highest BCUT2D eigenvalue weighted by Gasteiger charge is 2.31. The SMILES string of the molecule is CS(=O)(=O)CCCC1(O)CCOC1. The summed E-state index contributed by atoms with van der Waals surface area (Å²) in [7, 11) is -2.89. The highest BCUT2D eigenvalue weighted by molar-refractivity contribution is 7.90. The smallest absolute Gasteiger partial charge is 0.147 e. The standard InChI is InChI=1S/C8H16O4S/c1-13(10,11)6-2-3-8(9)4-5-12-7-8/h9H,2-7H2,1H3. The highest BCUT2D eigenvalue weighted by Crippen LogP contribution is 2.23. The Balaban J connectivity index is 2.26. The zero-order valence-electron chi connectivity index (χ0n) is 7.82. The van der Waals surface area contributed by atoms with Crippen molar-refractivity contribution in [3.05, 3.63) is 0 Å². The Kier molecular flexibility index (Phi) is 3.32. The molecule has 0 spiro atoms. The fourth-order valence-corrected chi connectivity index (χ4v) is 2.13. The number of sulfone groups is 1. The van der Waals surface area contributed by atoms with E-state index in [9.17, 15) is 13.5 Å². The van der Waals surface area contributed by atoms with Crippen LogP contribution in [0.4, 0.5) is 0 Å². The van der Waals surface area contributed by atoms with Gasteiger partial charge in [-0.2, -0.15) is 0 Å². The average molecular weight is 208 g/mol. The van der Waals surface area contributed by atoms with Crippen LogP contribution >= 0.6 is 0 Å². The minimum absolute atomic E-state index is 0.148. The van der Waals surface area contributed by atoms with Gasteiger partial charge in [-0.05, 0) is 12.8 Å². The lowest BCUT2D eigenvalue weighted by molar-refractivity contribution is 0.0189. The van der Waals surface area contributed by atoms with Crippen molar-refractivity contribution in [1.29, 1.82) is 0 Å². The summed E-state index contributed by atoms with van der Waals surface area (Å²) in [5.41, 5.74) is -0.773. The average Bonchev–Trinajstić information content (AvgIpc) is 2.33. The molecular formula is C8H16O4S. The van der Waals surface area contributed by atoms with Gasteiger partial charge in [0.25, 0.3) is 0 Å². The molecule has 13 heavy (non-hydrogen) atoms. The zero-order valence-corrected chi connectivity index (χ0v) is 8.64. The van der Waals surface area contributed by atoms with E-state index in [1.807, 2.05) is 0 Å². The first-order valence-electron chi connectivity index (χ1n) is 4.39. The van der Waals surface area contributed by atoms with Crippen molar-refractivity contribution in [2.45, 2.75) is 24.9 Å². The molecule has 1 aliphatic rings.